The molecule has 3 saturated heterocycles. The third kappa shape index (κ3) is 4.10. The van der Waals surface area contributed by atoms with E-state index in [1.165, 1.54) is 6.42 Å². The van der Waals surface area contributed by atoms with Crippen molar-refractivity contribution in [3.05, 3.63) is 48.7 Å². The summed E-state index contributed by atoms with van der Waals surface area (Å²) < 4.78 is 5.35. The number of ether oxygens (including phenoxy) is 1. The van der Waals surface area contributed by atoms with E-state index in [1.807, 2.05) is 24.3 Å². The Morgan fingerprint density at radius 2 is 2.15 bits per heavy atom. The monoisotopic (exact) mass is 396 g/mol. The first-order chi connectivity index (χ1) is 11.7. The van der Waals surface area contributed by atoms with Crippen molar-refractivity contribution in [1.82, 2.24) is 9.88 Å². The third-order valence-corrected chi connectivity index (χ3v) is 5.82. The lowest BCUT2D eigenvalue weighted by molar-refractivity contribution is -0.0444. The zero-order valence-corrected chi connectivity index (χ0v) is 16.2. The second-order valence-corrected chi connectivity index (χ2v) is 6.97. The second-order valence-electron chi connectivity index (χ2n) is 6.97. The molecule has 2 bridgehead atoms. The molecule has 6 nitrogen and oxygen atoms in total. The predicted molar refractivity (Wildman–Crippen MR) is 103 cm³/mol. The second kappa shape index (κ2) is 9.48. The van der Waals surface area contributed by atoms with E-state index in [2.05, 4.69) is 22.5 Å². The molecule has 4 heterocycles. The van der Waals surface area contributed by atoms with Crippen LogP contribution in [-0.2, 0) is 0 Å². The number of aromatic nitrogens is 1. The molecular formula is C20H29ClN2O4. The van der Waals surface area contributed by atoms with Gasteiger partial charge in [0.25, 0.3) is 0 Å². The molecule has 1 aromatic carbocycles. The molecular weight excluding hydrogens is 368 g/mol. The van der Waals surface area contributed by atoms with Gasteiger partial charge in [-0.1, -0.05) is 6.08 Å². The highest BCUT2D eigenvalue weighted by molar-refractivity contribution is 5.83. The zero-order valence-electron chi connectivity index (χ0n) is 16.4. The van der Waals surface area contributed by atoms with Crippen LogP contribution in [-0.4, -0.2) is 52.2 Å². The Balaban J connectivity index is 0.00000182. The summed E-state index contributed by atoms with van der Waals surface area (Å²) in [6.45, 7) is 6.07. The van der Waals surface area contributed by atoms with Crippen molar-refractivity contribution in [3.63, 3.8) is 0 Å². The molecule has 7 heteroatoms. The number of halogens is 1. The minimum Gasteiger partial charge on any atom is -1.00 e. The quantitative estimate of drug-likeness (QED) is 0.644. The van der Waals surface area contributed by atoms with Crippen LogP contribution in [0.1, 0.15) is 25.9 Å². The molecule has 3 fully saturated rings. The van der Waals surface area contributed by atoms with Gasteiger partial charge in [-0.2, -0.15) is 0 Å². The van der Waals surface area contributed by atoms with E-state index in [-0.39, 0.29) is 30.8 Å². The maximum atomic E-state index is 11.2. The van der Waals surface area contributed by atoms with Gasteiger partial charge in [-0.05, 0) is 61.1 Å². The van der Waals surface area contributed by atoms with Gasteiger partial charge in [0.2, 0.25) is 0 Å². The minimum atomic E-state index is -0.504. The van der Waals surface area contributed by atoms with E-state index in [0.717, 1.165) is 41.7 Å². The van der Waals surface area contributed by atoms with Crippen molar-refractivity contribution in [2.24, 2.45) is 11.8 Å². The van der Waals surface area contributed by atoms with Crippen LogP contribution < -0.4 is 17.1 Å². The van der Waals surface area contributed by atoms with Gasteiger partial charge in [-0.15, -0.1) is 6.58 Å². The smallest absolute Gasteiger partial charge is 1.00 e. The predicted octanol–water partition coefficient (Wildman–Crippen LogP) is -1.36. The molecule has 1 aromatic heterocycles. The van der Waals surface area contributed by atoms with E-state index in [4.69, 9.17) is 4.74 Å². The number of rotatable bonds is 4. The fraction of sp³-hybridized carbons (Fsp3) is 0.450. The van der Waals surface area contributed by atoms with Gasteiger partial charge in [-0.25, -0.2) is 0 Å². The van der Waals surface area contributed by atoms with Gasteiger partial charge in [-0.3, -0.25) is 9.88 Å². The summed E-state index contributed by atoms with van der Waals surface area (Å²) in [5, 5.41) is 12.1. The number of methoxy groups -OCH3 is 1. The molecule has 5 N–H and O–H groups in total. The van der Waals surface area contributed by atoms with Gasteiger partial charge < -0.3 is 33.2 Å². The lowest BCUT2D eigenvalue weighted by Gasteiger charge is -2.50. The Labute approximate surface area is 167 Å². The van der Waals surface area contributed by atoms with Crippen LogP contribution in [0.3, 0.4) is 0 Å². The average Bonchev–Trinajstić information content (AvgIpc) is 2.66. The first-order valence-electron chi connectivity index (χ1n) is 8.68. The minimum absolute atomic E-state index is 0. The van der Waals surface area contributed by atoms with Crippen molar-refractivity contribution in [2.45, 2.75) is 25.0 Å². The van der Waals surface area contributed by atoms with E-state index >= 15 is 0 Å². The highest BCUT2D eigenvalue weighted by Crippen LogP contribution is 2.42. The number of benzene rings is 1. The molecule has 3 aliphatic heterocycles. The van der Waals surface area contributed by atoms with Crippen molar-refractivity contribution < 1.29 is 34.6 Å². The van der Waals surface area contributed by atoms with Crippen LogP contribution in [0.25, 0.3) is 10.9 Å². The van der Waals surface area contributed by atoms with Crippen molar-refractivity contribution in [1.29, 1.82) is 0 Å². The topological polar surface area (TPSA) is 109 Å². The highest BCUT2D eigenvalue weighted by atomic mass is 35.5. The maximum Gasteiger partial charge on any atom is 1.00 e. The number of aliphatic hydroxyl groups excluding tert-OH is 1. The van der Waals surface area contributed by atoms with E-state index in [1.54, 1.807) is 13.3 Å². The Morgan fingerprint density at radius 1 is 1.37 bits per heavy atom. The Bertz CT molecular complexity index is 779. The number of aliphatic hydroxyl groups is 1. The molecule has 0 aliphatic carbocycles. The SMILES string of the molecule is C=C[C@@H]1CN2CC[C@@H]1C[C@H]2[C@H](O)c1ccnc2ccc(OC)cc12.O.O.[Cl-].[H+]. The third-order valence-electron chi connectivity index (χ3n) is 5.82. The first kappa shape index (κ1) is 23.3. The van der Waals surface area contributed by atoms with Crippen LogP contribution >= 0.6 is 0 Å². The van der Waals surface area contributed by atoms with Crippen LogP contribution in [0.15, 0.2) is 43.1 Å². The fourth-order valence-corrected chi connectivity index (χ4v) is 4.44. The van der Waals surface area contributed by atoms with Crippen LogP contribution in [0.5, 0.6) is 5.75 Å². The summed E-state index contributed by atoms with van der Waals surface area (Å²) in [5.41, 5.74) is 1.85. The number of fused-ring (bicyclic) bond motifs is 4. The summed E-state index contributed by atoms with van der Waals surface area (Å²) in [4.78, 5) is 6.86. The molecule has 5 atom stereocenters. The van der Waals surface area contributed by atoms with Gasteiger partial charge in [0, 0.05) is 24.2 Å². The van der Waals surface area contributed by atoms with Gasteiger partial charge in [0.15, 0.2) is 0 Å². The number of nitrogens with zero attached hydrogens (tertiary/aromatic N) is 2. The Morgan fingerprint density at radius 3 is 2.78 bits per heavy atom. The number of hydrogen-bond acceptors (Lipinski definition) is 4. The summed E-state index contributed by atoms with van der Waals surface area (Å²) in [6, 6.07) is 7.96. The Hall–Kier alpha value is -1.70. The van der Waals surface area contributed by atoms with Gasteiger partial charge in [0.05, 0.1) is 18.7 Å². The molecule has 5 rings (SSSR count). The standard InChI is InChI=1S/C20H24N2O2.ClH.2H2O/c1-3-13-12-22-9-7-14(13)10-19(22)20(23)16-6-8-21-18-5-4-15(24-2)11-17(16)18;;;/h3-6,8,11,13-14,19-20,23H,1,7,9-10,12H2,2H3;1H;2*1H2/t13-,14-,19+,20-;;;/m1.../s1. The van der Waals surface area contributed by atoms with Gasteiger partial charge >= 0.3 is 1.43 Å². The Kier molecular flexibility index (Phi) is 8.20. The maximum absolute atomic E-state index is 11.2. The van der Waals surface area contributed by atoms with E-state index in [0.29, 0.717) is 11.8 Å². The molecule has 0 radical (unpaired) electrons. The first-order valence-corrected chi connectivity index (χ1v) is 8.68. The molecule has 27 heavy (non-hydrogen) atoms. The van der Waals surface area contributed by atoms with Crippen LogP contribution in [0.4, 0.5) is 0 Å². The zero-order chi connectivity index (χ0) is 16.7. The molecule has 2 aromatic rings. The summed E-state index contributed by atoms with van der Waals surface area (Å²) in [6.07, 6.45) is 5.62. The van der Waals surface area contributed by atoms with E-state index < -0.39 is 6.10 Å². The molecule has 3 aliphatic rings. The van der Waals surface area contributed by atoms with Crippen LogP contribution in [0, 0.1) is 11.8 Å². The summed E-state index contributed by atoms with van der Waals surface area (Å²) in [7, 11) is 1.66. The average molecular weight is 397 g/mol. The van der Waals surface area contributed by atoms with Crippen molar-refractivity contribution >= 4 is 10.9 Å². The lowest BCUT2D eigenvalue weighted by atomic mass is 9.73. The number of piperidine rings is 3. The number of hydrogen-bond donors (Lipinski definition) is 1. The molecule has 150 valence electrons. The fourth-order valence-electron chi connectivity index (χ4n) is 4.44. The molecule has 0 amide bonds. The summed E-state index contributed by atoms with van der Waals surface area (Å²) in [5.74, 6) is 2.01. The molecule has 0 spiro atoms. The van der Waals surface area contributed by atoms with Crippen molar-refractivity contribution in [3.8, 4) is 5.75 Å². The molecule has 1 unspecified atom stereocenters. The normalized spacial score (nSPS) is 26.9. The lowest BCUT2D eigenvalue weighted by Crippen LogP contribution is -3.00. The highest BCUT2D eigenvalue weighted by Gasteiger charge is 2.42. The number of pyridine rings is 1. The van der Waals surface area contributed by atoms with Crippen LogP contribution in [0.2, 0.25) is 0 Å². The van der Waals surface area contributed by atoms with E-state index in [9.17, 15) is 5.11 Å². The molecule has 0 saturated carbocycles. The largest absolute Gasteiger partial charge is 1.00 e. The van der Waals surface area contributed by atoms with Crippen molar-refractivity contribution in [2.75, 3.05) is 20.2 Å². The van der Waals surface area contributed by atoms with Gasteiger partial charge in [0.1, 0.15) is 5.75 Å². The summed E-state index contributed by atoms with van der Waals surface area (Å²) >= 11 is 0.